The van der Waals surface area contributed by atoms with Crippen molar-refractivity contribution in [3.8, 4) is 17.0 Å². The molecular formula is C38H39ClF3N5O7S. The molecule has 12 nitrogen and oxygen atoms in total. The molecule has 2 saturated heterocycles. The summed E-state index contributed by atoms with van der Waals surface area (Å²) in [7, 11) is -3.67. The molecule has 0 aliphatic carbocycles. The van der Waals surface area contributed by atoms with Gasteiger partial charge in [-0.25, -0.2) is 18.0 Å². The summed E-state index contributed by atoms with van der Waals surface area (Å²) in [6.45, 7) is 2.88. The van der Waals surface area contributed by atoms with Gasteiger partial charge in [0.15, 0.2) is 9.84 Å². The number of anilines is 2. The number of nitrogen functional groups attached to an aromatic ring is 1. The molecule has 2 fully saturated rings. The number of rotatable bonds is 10. The number of amides is 1. The van der Waals surface area contributed by atoms with Crippen LogP contribution in [-0.2, 0) is 30.7 Å². The number of halogens is 4. The SMILES string of the molecule is CCOC(=O)C1CC2(CCN(c3cc(O[C@H](c4ccc(Cl)cc4-c4cccc(S(C)(=O)=O)c4)C(F)(F)F)nc(N)n3)CC2)CN1C(=O)OCc1ccccc1. The van der Waals surface area contributed by atoms with E-state index in [-0.39, 0.29) is 58.1 Å². The second kappa shape index (κ2) is 15.9. The molecule has 1 aromatic heterocycles. The van der Waals surface area contributed by atoms with Gasteiger partial charge < -0.3 is 24.8 Å². The van der Waals surface area contributed by atoms with Crippen LogP contribution in [0.1, 0.15) is 43.4 Å². The number of carbonyl (C=O) groups excluding carboxylic acids is 2. The fourth-order valence-corrected chi connectivity index (χ4v) is 7.89. The molecule has 55 heavy (non-hydrogen) atoms. The van der Waals surface area contributed by atoms with Crippen molar-refractivity contribution < 1.29 is 45.4 Å². The van der Waals surface area contributed by atoms with Crippen molar-refractivity contribution >= 4 is 45.3 Å². The molecule has 0 bridgehead atoms. The normalized spacial score (nSPS) is 17.5. The molecule has 2 N–H and O–H groups in total. The van der Waals surface area contributed by atoms with Crippen molar-refractivity contribution in [2.24, 2.45) is 5.41 Å². The number of likely N-dealkylation sites (tertiary alicyclic amines) is 1. The summed E-state index contributed by atoms with van der Waals surface area (Å²) in [4.78, 5) is 37.7. The zero-order valence-corrected chi connectivity index (χ0v) is 31.5. The first-order chi connectivity index (χ1) is 26.0. The minimum atomic E-state index is -4.96. The molecule has 3 heterocycles. The Bertz CT molecular complexity index is 2150. The van der Waals surface area contributed by atoms with E-state index in [0.29, 0.717) is 32.4 Å². The van der Waals surface area contributed by atoms with Crippen molar-refractivity contribution in [1.82, 2.24) is 14.9 Å². The number of benzene rings is 3. The van der Waals surface area contributed by atoms with Gasteiger partial charge in [-0.1, -0.05) is 60.1 Å². The van der Waals surface area contributed by atoms with Crippen LogP contribution >= 0.6 is 11.6 Å². The third-order valence-electron chi connectivity index (χ3n) is 9.77. The molecule has 292 valence electrons. The molecule has 17 heteroatoms. The number of nitrogens with zero attached hydrogens (tertiary/aromatic N) is 4. The molecule has 3 aromatic carbocycles. The maximum absolute atomic E-state index is 14.8. The minimum Gasteiger partial charge on any atom is -0.464 e. The first-order valence-electron chi connectivity index (χ1n) is 17.4. The zero-order chi connectivity index (χ0) is 39.5. The molecule has 0 saturated carbocycles. The van der Waals surface area contributed by atoms with E-state index in [9.17, 15) is 31.2 Å². The molecule has 0 radical (unpaired) electrons. The molecule has 6 rings (SSSR count). The van der Waals surface area contributed by atoms with E-state index in [1.54, 1.807) is 6.92 Å². The third kappa shape index (κ3) is 9.24. The summed E-state index contributed by atoms with van der Waals surface area (Å²) in [5, 5.41) is 0.129. The molecular weight excluding hydrogens is 763 g/mol. The summed E-state index contributed by atoms with van der Waals surface area (Å²) < 4.78 is 85.5. The number of piperidine rings is 1. The molecule has 2 atom stereocenters. The fourth-order valence-electron chi connectivity index (χ4n) is 7.05. The highest BCUT2D eigenvalue weighted by Crippen LogP contribution is 2.46. The van der Waals surface area contributed by atoms with Crippen LogP contribution in [-0.4, -0.2) is 80.1 Å². The summed E-state index contributed by atoms with van der Waals surface area (Å²) in [5.41, 5.74) is 6.22. The lowest BCUT2D eigenvalue weighted by atomic mass is 9.76. The maximum atomic E-state index is 14.8. The minimum absolute atomic E-state index is 0.0135. The van der Waals surface area contributed by atoms with E-state index in [1.807, 2.05) is 35.2 Å². The number of carbonyl (C=O) groups is 2. The van der Waals surface area contributed by atoms with E-state index in [4.69, 9.17) is 31.5 Å². The second-order valence-corrected chi connectivity index (χ2v) is 16.1. The van der Waals surface area contributed by atoms with Gasteiger partial charge in [0.25, 0.3) is 0 Å². The van der Waals surface area contributed by atoms with Gasteiger partial charge in [0.05, 0.1) is 11.5 Å². The first-order valence-corrected chi connectivity index (χ1v) is 19.7. The number of hydrogen-bond donors (Lipinski definition) is 1. The van der Waals surface area contributed by atoms with Crippen LogP contribution in [0.4, 0.5) is 29.7 Å². The van der Waals surface area contributed by atoms with Gasteiger partial charge in [-0.2, -0.15) is 23.1 Å². The number of sulfone groups is 1. The Labute approximate surface area is 321 Å². The highest BCUT2D eigenvalue weighted by atomic mass is 35.5. The Kier molecular flexibility index (Phi) is 11.5. The lowest BCUT2D eigenvalue weighted by molar-refractivity contribution is -0.198. The van der Waals surface area contributed by atoms with Crippen molar-refractivity contribution in [2.75, 3.05) is 43.1 Å². The van der Waals surface area contributed by atoms with Gasteiger partial charge in [0.1, 0.15) is 18.5 Å². The van der Waals surface area contributed by atoms with E-state index >= 15 is 0 Å². The Morgan fingerprint density at radius 3 is 2.40 bits per heavy atom. The Balaban J connectivity index is 1.21. The Morgan fingerprint density at radius 2 is 1.73 bits per heavy atom. The standard InChI is InChI=1S/C38H39ClF3N5O7S/c1-3-52-34(48)30-21-37(23-47(30)36(49)53-22-24-8-5-4-6-9-24)14-16-46(17-15-37)31-20-32(45-35(43)44-31)54-33(38(40,41)42)28-13-12-26(39)19-29(28)25-10-7-11-27(18-25)55(2,50)51/h4-13,18-20,30,33H,3,14-17,21-23H2,1-2H3,(H2,43,44,45)/t30?,33-/m1/s1. The number of aromatic nitrogens is 2. The van der Waals surface area contributed by atoms with Crippen LogP contribution in [0, 0.1) is 5.41 Å². The smallest absolute Gasteiger partial charge is 0.429 e. The number of esters is 1. The topological polar surface area (TPSA) is 154 Å². The Morgan fingerprint density at radius 1 is 1.00 bits per heavy atom. The van der Waals surface area contributed by atoms with E-state index in [1.165, 1.54) is 53.4 Å². The van der Waals surface area contributed by atoms with Gasteiger partial charge in [0.2, 0.25) is 17.9 Å². The zero-order valence-electron chi connectivity index (χ0n) is 30.0. The van der Waals surface area contributed by atoms with Crippen molar-refractivity contribution in [3.05, 3.63) is 95.0 Å². The first kappa shape index (κ1) is 39.6. The largest absolute Gasteiger partial charge is 0.464 e. The Hall–Kier alpha value is -5.09. The summed E-state index contributed by atoms with van der Waals surface area (Å²) in [5.74, 6) is -1.04. The van der Waals surface area contributed by atoms with Crippen LogP contribution in [0.2, 0.25) is 5.02 Å². The van der Waals surface area contributed by atoms with Crippen LogP contribution < -0.4 is 15.4 Å². The van der Waals surface area contributed by atoms with E-state index in [0.717, 1.165) is 11.8 Å². The number of ether oxygens (including phenoxy) is 3. The third-order valence-corrected chi connectivity index (χ3v) is 11.1. The highest BCUT2D eigenvalue weighted by Gasteiger charge is 2.51. The monoisotopic (exact) mass is 801 g/mol. The molecule has 1 unspecified atom stereocenters. The number of hydrogen-bond acceptors (Lipinski definition) is 11. The van der Waals surface area contributed by atoms with Gasteiger partial charge >= 0.3 is 18.2 Å². The summed E-state index contributed by atoms with van der Waals surface area (Å²) in [6.07, 6.45) is -5.77. The molecule has 1 amide bonds. The molecule has 1 spiro atoms. The van der Waals surface area contributed by atoms with Crippen molar-refractivity contribution in [1.29, 1.82) is 0 Å². The van der Waals surface area contributed by atoms with Gasteiger partial charge in [-0.3, -0.25) is 4.90 Å². The number of alkyl halides is 3. The maximum Gasteiger partial charge on any atom is 0.429 e. The van der Waals surface area contributed by atoms with Crippen molar-refractivity contribution in [2.45, 2.75) is 56.0 Å². The predicted molar refractivity (Wildman–Crippen MR) is 198 cm³/mol. The lowest BCUT2D eigenvalue weighted by Gasteiger charge is -2.39. The summed E-state index contributed by atoms with van der Waals surface area (Å²) in [6, 6.07) is 18.9. The van der Waals surface area contributed by atoms with E-state index in [2.05, 4.69) is 9.97 Å². The lowest BCUT2D eigenvalue weighted by Crippen LogP contribution is -2.43. The molecule has 2 aliphatic heterocycles. The predicted octanol–water partition coefficient (Wildman–Crippen LogP) is 7.03. The van der Waals surface area contributed by atoms with Gasteiger partial charge in [0, 0.05) is 42.5 Å². The highest BCUT2D eigenvalue weighted by molar-refractivity contribution is 7.90. The average Bonchev–Trinajstić information content (AvgIpc) is 3.52. The van der Waals surface area contributed by atoms with Crippen LogP contribution in [0.3, 0.4) is 0 Å². The average molecular weight is 802 g/mol. The fraction of sp³-hybridized carbons (Fsp3) is 0.368. The number of nitrogens with two attached hydrogens (primary N) is 1. The second-order valence-electron chi connectivity index (χ2n) is 13.6. The van der Waals surface area contributed by atoms with Crippen LogP contribution in [0.15, 0.2) is 83.8 Å². The quantitative estimate of drug-likeness (QED) is 0.165. The molecule has 4 aromatic rings. The van der Waals surface area contributed by atoms with Gasteiger partial charge in [-0.05, 0) is 72.6 Å². The van der Waals surface area contributed by atoms with Crippen LogP contribution in [0.25, 0.3) is 11.1 Å². The summed E-state index contributed by atoms with van der Waals surface area (Å²) >= 11 is 6.21. The van der Waals surface area contributed by atoms with Crippen LogP contribution in [0.5, 0.6) is 5.88 Å². The van der Waals surface area contributed by atoms with Crippen molar-refractivity contribution in [3.63, 3.8) is 0 Å². The molecule has 2 aliphatic rings. The van der Waals surface area contributed by atoms with Gasteiger partial charge in [-0.15, -0.1) is 0 Å². The van der Waals surface area contributed by atoms with E-state index < -0.39 is 51.5 Å².